The lowest BCUT2D eigenvalue weighted by Crippen LogP contribution is -2.37. The molecule has 0 unspecified atom stereocenters. The van der Waals surface area contributed by atoms with Crippen LogP contribution >= 0.6 is 0 Å². The van der Waals surface area contributed by atoms with Gasteiger partial charge in [-0.2, -0.15) is 0 Å². The summed E-state index contributed by atoms with van der Waals surface area (Å²) in [4.78, 5) is 42.7. The zero-order valence-corrected chi connectivity index (χ0v) is 22.3. The summed E-state index contributed by atoms with van der Waals surface area (Å²) in [6.45, 7) is 2.50. The molecule has 204 valence electrons. The predicted molar refractivity (Wildman–Crippen MR) is 146 cm³/mol. The zero-order valence-electron chi connectivity index (χ0n) is 22.3. The molecule has 4 rings (SSSR count). The van der Waals surface area contributed by atoms with Crippen LogP contribution in [0.4, 0.5) is 16.2 Å². The number of anilines is 2. The number of amides is 4. The molecule has 3 aromatic carbocycles. The molecular weight excluding hydrogens is 502 g/mol. The maximum absolute atomic E-state index is 13.6. The van der Waals surface area contributed by atoms with Crippen molar-refractivity contribution >= 4 is 29.2 Å². The molecule has 1 atom stereocenters. The van der Waals surface area contributed by atoms with Gasteiger partial charge in [-0.3, -0.25) is 9.59 Å². The van der Waals surface area contributed by atoms with Crippen LogP contribution in [0.3, 0.4) is 0 Å². The maximum Gasteiger partial charge on any atom is 0.332 e. The molecule has 1 aliphatic heterocycles. The van der Waals surface area contributed by atoms with Gasteiger partial charge in [-0.1, -0.05) is 6.07 Å². The highest BCUT2D eigenvalue weighted by atomic mass is 16.5. The van der Waals surface area contributed by atoms with E-state index >= 15 is 0 Å². The topological polar surface area (TPSA) is 107 Å². The number of urea groups is 1. The summed E-state index contributed by atoms with van der Waals surface area (Å²) in [6.07, 6.45) is -0.224. The Bertz CT molecular complexity index is 1330. The Hall–Kier alpha value is -4.73. The van der Waals surface area contributed by atoms with Crippen LogP contribution in [0.1, 0.15) is 18.9 Å². The maximum atomic E-state index is 13.6. The number of benzene rings is 3. The molecule has 1 fully saturated rings. The Balaban J connectivity index is 1.59. The lowest BCUT2D eigenvalue weighted by atomic mass is 10.1. The molecular formula is C29H31N3O7. The highest BCUT2D eigenvalue weighted by Crippen LogP contribution is 2.32. The van der Waals surface area contributed by atoms with E-state index in [4.69, 9.17) is 18.9 Å². The number of rotatable bonds is 11. The average Bonchev–Trinajstić information content (AvgIpc) is 3.17. The summed E-state index contributed by atoms with van der Waals surface area (Å²) in [5, 5.41) is 2.80. The summed E-state index contributed by atoms with van der Waals surface area (Å²) < 4.78 is 21.3. The summed E-state index contributed by atoms with van der Waals surface area (Å²) in [5.41, 5.74) is 1.65. The van der Waals surface area contributed by atoms with Crippen molar-refractivity contribution in [2.75, 3.05) is 38.2 Å². The Morgan fingerprint density at radius 2 is 1.51 bits per heavy atom. The van der Waals surface area contributed by atoms with Gasteiger partial charge in [-0.15, -0.1) is 0 Å². The molecule has 0 saturated carbocycles. The minimum absolute atomic E-state index is 0.0819. The molecule has 0 spiro atoms. The van der Waals surface area contributed by atoms with Gasteiger partial charge in [0.2, 0.25) is 5.91 Å². The fraction of sp³-hybridized carbons (Fsp3) is 0.276. The van der Waals surface area contributed by atoms with E-state index in [1.54, 1.807) is 66.7 Å². The van der Waals surface area contributed by atoms with Crippen LogP contribution in [0.2, 0.25) is 0 Å². The summed E-state index contributed by atoms with van der Waals surface area (Å²) in [5.74, 6) is 1.40. The minimum Gasteiger partial charge on any atom is -0.497 e. The van der Waals surface area contributed by atoms with Crippen molar-refractivity contribution in [3.63, 3.8) is 0 Å². The quantitative estimate of drug-likeness (QED) is 0.362. The number of imide groups is 1. The van der Waals surface area contributed by atoms with Gasteiger partial charge in [-0.05, 0) is 73.2 Å². The number of ether oxygens (including phenoxy) is 4. The second-order valence-electron chi connectivity index (χ2n) is 8.70. The van der Waals surface area contributed by atoms with Crippen molar-refractivity contribution in [3.05, 3.63) is 72.3 Å². The lowest BCUT2D eigenvalue weighted by molar-refractivity contribution is -0.124. The SMILES string of the molecule is CCOc1ccc(NC(=O)C[C@H]2C(=O)N(c3ccc(OC)cc3)C(=O)N2Cc2ccc(OC)c(OC)c2)cc1. The number of nitrogens with zero attached hydrogens (tertiary/aromatic N) is 2. The van der Waals surface area contributed by atoms with E-state index in [0.29, 0.717) is 46.5 Å². The molecule has 3 aromatic rings. The molecule has 1 saturated heterocycles. The van der Waals surface area contributed by atoms with E-state index in [1.165, 1.54) is 26.2 Å². The molecule has 0 aliphatic carbocycles. The third-order valence-electron chi connectivity index (χ3n) is 6.28. The third kappa shape index (κ3) is 6.06. The molecule has 39 heavy (non-hydrogen) atoms. The van der Waals surface area contributed by atoms with Crippen LogP contribution < -0.4 is 29.2 Å². The van der Waals surface area contributed by atoms with Crippen LogP contribution in [0, 0.1) is 0 Å². The van der Waals surface area contributed by atoms with Gasteiger partial charge >= 0.3 is 6.03 Å². The van der Waals surface area contributed by atoms with Crippen LogP contribution in [0.25, 0.3) is 0 Å². The first kappa shape index (κ1) is 27.3. The van der Waals surface area contributed by atoms with Crippen LogP contribution in [-0.4, -0.2) is 56.7 Å². The second-order valence-corrected chi connectivity index (χ2v) is 8.70. The monoisotopic (exact) mass is 533 g/mol. The summed E-state index contributed by atoms with van der Waals surface area (Å²) >= 11 is 0. The number of carbonyl (C=O) groups is 3. The molecule has 0 radical (unpaired) electrons. The van der Waals surface area contributed by atoms with Gasteiger partial charge in [0.1, 0.15) is 17.5 Å². The standard InChI is InChI=1S/C29H31N3O7/c1-5-39-23-11-7-20(8-12-23)30-27(33)17-24-28(34)32(21-9-13-22(36-2)14-10-21)29(35)31(24)18-19-6-15-25(37-3)26(16-19)38-4/h6-16,24H,5,17-18H2,1-4H3,(H,30,33)/t24-/m0/s1. The van der Waals surface area contributed by atoms with E-state index in [-0.39, 0.29) is 13.0 Å². The fourth-order valence-corrected chi connectivity index (χ4v) is 4.35. The van der Waals surface area contributed by atoms with Crippen molar-refractivity contribution < 1.29 is 33.3 Å². The second kappa shape index (κ2) is 12.2. The molecule has 1 aliphatic rings. The summed E-state index contributed by atoms with van der Waals surface area (Å²) in [6, 6.07) is 17.2. The predicted octanol–water partition coefficient (Wildman–Crippen LogP) is 4.48. The first-order valence-electron chi connectivity index (χ1n) is 12.4. The Labute approximate surface area is 227 Å². The molecule has 1 heterocycles. The largest absolute Gasteiger partial charge is 0.497 e. The smallest absolute Gasteiger partial charge is 0.332 e. The number of hydrogen-bond donors (Lipinski definition) is 1. The van der Waals surface area contributed by atoms with Gasteiger partial charge in [0.15, 0.2) is 11.5 Å². The van der Waals surface area contributed by atoms with Crippen molar-refractivity contribution in [2.24, 2.45) is 0 Å². The van der Waals surface area contributed by atoms with E-state index in [2.05, 4.69) is 5.32 Å². The lowest BCUT2D eigenvalue weighted by Gasteiger charge is -2.22. The Kier molecular flexibility index (Phi) is 8.55. The Morgan fingerprint density at radius 1 is 0.846 bits per heavy atom. The van der Waals surface area contributed by atoms with Crippen LogP contribution in [0.15, 0.2) is 66.7 Å². The van der Waals surface area contributed by atoms with E-state index < -0.39 is 23.9 Å². The Morgan fingerprint density at radius 3 is 2.13 bits per heavy atom. The van der Waals surface area contributed by atoms with Gasteiger partial charge < -0.3 is 29.2 Å². The molecule has 0 bridgehead atoms. The number of carbonyl (C=O) groups excluding carboxylic acids is 3. The highest BCUT2D eigenvalue weighted by molar-refractivity contribution is 6.22. The van der Waals surface area contributed by atoms with Gasteiger partial charge in [0.25, 0.3) is 5.91 Å². The van der Waals surface area contributed by atoms with Gasteiger partial charge in [0.05, 0.1) is 40.0 Å². The molecule has 10 nitrogen and oxygen atoms in total. The number of methoxy groups -OCH3 is 3. The van der Waals surface area contributed by atoms with Gasteiger partial charge in [0, 0.05) is 12.2 Å². The molecule has 0 aromatic heterocycles. The molecule has 1 N–H and O–H groups in total. The van der Waals surface area contributed by atoms with Crippen molar-refractivity contribution in [2.45, 2.75) is 25.9 Å². The minimum atomic E-state index is -1.02. The van der Waals surface area contributed by atoms with Crippen molar-refractivity contribution in [1.82, 2.24) is 4.90 Å². The van der Waals surface area contributed by atoms with Crippen LogP contribution in [-0.2, 0) is 16.1 Å². The normalized spacial score (nSPS) is 14.8. The summed E-state index contributed by atoms with van der Waals surface area (Å²) in [7, 11) is 4.59. The number of nitrogens with one attached hydrogen (secondary N) is 1. The number of hydrogen-bond acceptors (Lipinski definition) is 7. The van der Waals surface area contributed by atoms with Crippen molar-refractivity contribution in [3.8, 4) is 23.0 Å². The van der Waals surface area contributed by atoms with Gasteiger partial charge in [-0.25, -0.2) is 9.69 Å². The first-order chi connectivity index (χ1) is 18.9. The first-order valence-corrected chi connectivity index (χ1v) is 12.4. The van der Waals surface area contributed by atoms with Crippen molar-refractivity contribution in [1.29, 1.82) is 0 Å². The van der Waals surface area contributed by atoms with Crippen LogP contribution in [0.5, 0.6) is 23.0 Å². The van der Waals surface area contributed by atoms with E-state index in [9.17, 15) is 14.4 Å². The molecule has 10 heteroatoms. The third-order valence-corrected chi connectivity index (χ3v) is 6.28. The molecule has 4 amide bonds. The van der Waals surface area contributed by atoms with E-state index in [0.717, 1.165) is 4.90 Å². The zero-order chi connectivity index (χ0) is 27.9. The average molecular weight is 534 g/mol. The fourth-order valence-electron chi connectivity index (χ4n) is 4.35. The van der Waals surface area contributed by atoms with E-state index in [1.807, 2.05) is 6.92 Å². The highest BCUT2D eigenvalue weighted by Gasteiger charge is 2.46.